The standard InChI is InChI=1S/C21H21BrClN3O2/c1-12-11-14(7-10-17(12)23)24-20(27)13-5-8-15(9-6-13)26-18-4-2-3-16(22)19(18)25-21(26)28/h2-4,7,10-11,13,15H,5-6,8-9H2,1H3,(H,24,27)(H,25,28). The lowest BCUT2D eigenvalue weighted by Gasteiger charge is -2.28. The van der Waals surface area contributed by atoms with E-state index in [0.717, 1.165) is 52.4 Å². The molecule has 1 saturated carbocycles. The first-order valence-corrected chi connectivity index (χ1v) is 10.6. The van der Waals surface area contributed by atoms with Crippen LogP contribution in [0.25, 0.3) is 11.0 Å². The van der Waals surface area contributed by atoms with Gasteiger partial charge in [-0.15, -0.1) is 0 Å². The Bertz CT molecular complexity index is 1100. The van der Waals surface area contributed by atoms with Gasteiger partial charge in [-0.25, -0.2) is 4.79 Å². The zero-order valence-electron chi connectivity index (χ0n) is 15.5. The summed E-state index contributed by atoms with van der Waals surface area (Å²) >= 11 is 9.54. The number of benzene rings is 2. The fourth-order valence-corrected chi connectivity index (χ4v) is 4.61. The van der Waals surface area contributed by atoms with Crippen LogP contribution < -0.4 is 11.0 Å². The smallest absolute Gasteiger partial charge is 0.326 e. The minimum absolute atomic E-state index is 0.0363. The number of fused-ring (bicyclic) bond motifs is 1. The van der Waals surface area contributed by atoms with E-state index in [1.807, 2.05) is 41.8 Å². The number of aromatic nitrogens is 2. The monoisotopic (exact) mass is 461 g/mol. The molecule has 2 N–H and O–H groups in total. The van der Waals surface area contributed by atoms with E-state index >= 15 is 0 Å². The van der Waals surface area contributed by atoms with Gasteiger partial charge in [0.2, 0.25) is 5.91 Å². The van der Waals surface area contributed by atoms with Crippen LogP contribution in [0.3, 0.4) is 0 Å². The first-order chi connectivity index (χ1) is 13.4. The predicted molar refractivity (Wildman–Crippen MR) is 116 cm³/mol. The van der Waals surface area contributed by atoms with Gasteiger partial charge < -0.3 is 10.3 Å². The predicted octanol–water partition coefficient (Wildman–Crippen LogP) is 5.42. The highest BCUT2D eigenvalue weighted by Gasteiger charge is 2.29. The van der Waals surface area contributed by atoms with Crippen molar-refractivity contribution in [1.82, 2.24) is 9.55 Å². The number of aromatic amines is 1. The molecule has 0 radical (unpaired) electrons. The van der Waals surface area contributed by atoms with E-state index in [4.69, 9.17) is 11.6 Å². The number of anilines is 1. The maximum absolute atomic E-state index is 12.7. The molecular formula is C21H21BrClN3O2. The van der Waals surface area contributed by atoms with E-state index in [1.54, 1.807) is 6.07 Å². The summed E-state index contributed by atoms with van der Waals surface area (Å²) in [4.78, 5) is 28.1. The molecular weight excluding hydrogens is 442 g/mol. The van der Waals surface area contributed by atoms with E-state index < -0.39 is 0 Å². The number of hydrogen-bond donors (Lipinski definition) is 2. The number of rotatable bonds is 3. The van der Waals surface area contributed by atoms with E-state index in [0.29, 0.717) is 5.02 Å². The Labute approximate surface area is 176 Å². The maximum atomic E-state index is 12.7. The Hall–Kier alpha value is -2.05. The molecule has 0 saturated heterocycles. The van der Waals surface area contributed by atoms with Gasteiger partial charge in [-0.3, -0.25) is 9.36 Å². The second-order valence-electron chi connectivity index (χ2n) is 7.39. The molecule has 2 aromatic carbocycles. The molecule has 0 unspecified atom stereocenters. The first-order valence-electron chi connectivity index (χ1n) is 9.40. The molecule has 146 valence electrons. The van der Waals surface area contributed by atoms with Crippen molar-refractivity contribution in [3.8, 4) is 0 Å². The van der Waals surface area contributed by atoms with Crippen LogP contribution in [0.1, 0.15) is 37.3 Å². The van der Waals surface area contributed by atoms with Gasteiger partial charge in [0.05, 0.1) is 11.0 Å². The minimum Gasteiger partial charge on any atom is -0.326 e. The van der Waals surface area contributed by atoms with E-state index in [-0.39, 0.29) is 23.6 Å². The number of halogens is 2. The van der Waals surface area contributed by atoms with E-state index in [1.165, 1.54) is 0 Å². The van der Waals surface area contributed by atoms with Crippen LogP contribution in [0.2, 0.25) is 5.02 Å². The highest BCUT2D eigenvalue weighted by Crippen LogP contribution is 2.34. The first kappa shape index (κ1) is 19.3. The average Bonchev–Trinajstić information content (AvgIpc) is 3.02. The third-order valence-electron chi connectivity index (χ3n) is 5.56. The van der Waals surface area contributed by atoms with Gasteiger partial charge in [0.15, 0.2) is 0 Å². The lowest BCUT2D eigenvalue weighted by Crippen LogP contribution is -2.31. The summed E-state index contributed by atoms with van der Waals surface area (Å²) in [6.07, 6.45) is 3.13. The zero-order valence-corrected chi connectivity index (χ0v) is 17.8. The van der Waals surface area contributed by atoms with Crippen molar-refractivity contribution < 1.29 is 4.79 Å². The van der Waals surface area contributed by atoms with Gasteiger partial charge in [0, 0.05) is 27.1 Å². The summed E-state index contributed by atoms with van der Waals surface area (Å²) in [5.74, 6) is -0.00549. The molecule has 1 fully saturated rings. The van der Waals surface area contributed by atoms with Gasteiger partial charge in [0.1, 0.15) is 0 Å². The number of hydrogen-bond acceptors (Lipinski definition) is 2. The Balaban J connectivity index is 1.45. The van der Waals surface area contributed by atoms with Crippen molar-refractivity contribution in [2.45, 2.75) is 38.6 Å². The van der Waals surface area contributed by atoms with Gasteiger partial charge >= 0.3 is 5.69 Å². The van der Waals surface area contributed by atoms with Crippen molar-refractivity contribution in [2.75, 3.05) is 5.32 Å². The number of aryl methyl sites for hydroxylation is 1. The summed E-state index contributed by atoms with van der Waals surface area (Å²) in [6.45, 7) is 1.92. The fraction of sp³-hybridized carbons (Fsp3) is 0.333. The fourth-order valence-electron chi connectivity index (χ4n) is 4.04. The van der Waals surface area contributed by atoms with Crippen LogP contribution in [0.15, 0.2) is 45.7 Å². The van der Waals surface area contributed by atoms with Gasteiger partial charge in [-0.1, -0.05) is 17.7 Å². The van der Waals surface area contributed by atoms with Crippen molar-refractivity contribution in [3.05, 3.63) is 61.9 Å². The summed E-state index contributed by atoms with van der Waals surface area (Å²) in [5, 5.41) is 3.69. The van der Waals surface area contributed by atoms with E-state index in [2.05, 4.69) is 26.2 Å². The van der Waals surface area contributed by atoms with Crippen LogP contribution >= 0.6 is 27.5 Å². The molecule has 28 heavy (non-hydrogen) atoms. The van der Waals surface area contributed by atoms with Gasteiger partial charge in [0.25, 0.3) is 0 Å². The number of amides is 1. The van der Waals surface area contributed by atoms with Crippen LogP contribution in [0.4, 0.5) is 5.69 Å². The normalized spacial score (nSPS) is 19.7. The van der Waals surface area contributed by atoms with Crippen molar-refractivity contribution >= 4 is 50.2 Å². The second-order valence-corrected chi connectivity index (χ2v) is 8.65. The second kappa shape index (κ2) is 7.76. The molecule has 1 aliphatic carbocycles. The highest BCUT2D eigenvalue weighted by atomic mass is 79.9. The van der Waals surface area contributed by atoms with Crippen LogP contribution in [-0.2, 0) is 4.79 Å². The van der Waals surface area contributed by atoms with Crippen LogP contribution in [0.5, 0.6) is 0 Å². The quantitative estimate of drug-likeness (QED) is 0.545. The molecule has 1 aliphatic rings. The Morgan fingerprint density at radius 3 is 2.68 bits per heavy atom. The molecule has 1 amide bonds. The van der Waals surface area contributed by atoms with E-state index in [9.17, 15) is 9.59 Å². The van der Waals surface area contributed by atoms with Crippen molar-refractivity contribution in [2.24, 2.45) is 5.92 Å². The zero-order chi connectivity index (χ0) is 19.8. The summed E-state index contributed by atoms with van der Waals surface area (Å²) in [5.41, 5.74) is 3.35. The minimum atomic E-state index is -0.0913. The molecule has 0 atom stereocenters. The molecule has 0 spiro atoms. The molecule has 3 aromatic rings. The lowest BCUT2D eigenvalue weighted by atomic mass is 9.85. The average molecular weight is 463 g/mol. The Morgan fingerprint density at radius 2 is 1.96 bits per heavy atom. The SMILES string of the molecule is Cc1cc(NC(=O)C2CCC(n3c(=O)[nH]c4c(Br)cccc43)CC2)ccc1Cl. The van der Waals surface area contributed by atoms with Gasteiger partial charge in [-0.2, -0.15) is 0 Å². The van der Waals surface area contributed by atoms with Crippen molar-refractivity contribution in [1.29, 1.82) is 0 Å². The number of para-hydroxylation sites is 1. The number of nitrogens with zero attached hydrogens (tertiary/aromatic N) is 1. The number of carbonyl (C=O) groups is 1. The van der Waals surface area contributed by atoms with Crippen LogP contribution in [-0.4, -0.2) is 15.5 Å². The number of imidazole rings is 1. The number of H-pyrrole nitrogens is 1. The Morgan fingerprint density at radius 1 is 1.21 bits per heavy atom. The van der Waals surface area contributed by atoms with Crippen LogP contribution in [0, 0.1) is 12.8 Å². The third-order valence-corrected chi connectivity index (χ3v) is 6.64. The number of nitrogens with one attached hydrogen (secondary N) is 2. The highest BCUT2D eigenvalue weighted by molar-refractivity contribution is 9.10. The third kappa shape index (κ3) is 3.63. The molecule has 4 rings (SSSR count). The molecule has 7 heteroatoms. The summed E-state index contributed by atoms with van der Waals surface area (Å²) in [7, 11) is 0. The van der Waals surface area contributed by atoms with Crippen molar-refractivity contribution in [3.63, 3.8) is 0 Å². The largest absolute Gasteiger partial charge is 0.326 e. The van der Waals surface area contributed by atoms with Gasteiger partial charge in [-0.05, 0) is 84.4 Å². The molecule has 1 aromatic heterocycles. The molecule has 1 heterocycles. The molecule has 5 nitrogen and oxygen atoms in total. The maximum Gasteiger partial charge on any atom is 0.326 e. The summed E-state index contributed by atoms with van der Waals surface area (Å²) in [6, 6.07) is 11.4. The Kier molecular flexibility index (Phi) is 5.34. The topological polar surface area (TPSA) is 66.9 Å². The molecule has 0 aliphatic heterocycles. The summed E-state index contributed by atoms with van der Waals surface area (Å²) < 4.78 is 2.73. The molecule has 0 bridgehead atoms. The lowest BCUT2D eigenvalue weighted by molar-refractivity contribution is -0.121. The number of carbonyl (C=O) groups excluding carboxylic acids is 1.